The number of nitrogens with one attached hydrogen (secondary N) is 1. The van der Waals surface area contributed by atoms with E-state index in [1.165, 1.54) is 0 Å². The second-order valence-corrected chi connectivity index (χ2v) is 4.97. The summed E-state index contributed by atoms with van der Waals surface area (Å²) in [6.07, 6.45) is 0.784. The molecular weight excluding hydrogens is 280 g/mol. The third kappa shape index (κ3) is 5.19. The first kappa shape index (κ1) is 16.5. The summed E-state index contributed by atoms with van der Waals surface area (Å²) in [5, 5.41) is 12.2. The third-order valence-electron chi connectivity index (χ3n) is 2.89. The molecule has 2 N–H and O–H groups in total. The quantitative estimate of drug-likeness (QED) is 0.811. The number of carboxylic acids is 1. The molecule has 0 saturated heterocycles. The van der Waals surface area contributed by atoms with Crippen molar-refractivity contribution < 1.29 is 14.7 Å². The molecule has 0 aromatic heterocycles. The summed E-state index contributed by atoms with van der Waals surface area (Å²) in [5.74, 6) is -1.17. The standard InChI is InChI=1S/C14H19ClN2O3/c1-3-8-17(9-13(18)19)10(2)14(20)16-12-6-4-11(15)5-7-12/h4-7,10H,3,8-9H2,1-2H3,(H,16,20)(H,18,19). The summed E-state index contributed by atoms with van der Waals surface area (Å²) in [4.78, 5) is 24.6. The van der Waals surface area contributed by atoms with Crippen LogP contribution in [0.3, 0.4) is 0 Å². The molecule has 1 aromatic rings. The number of aliphatic carboxylic acids is 1. The Morgan fingerprint density at radius 2 is 1.95 bits per heavy atom. The fourth-order valence-electron chi connectivity index (χ4n) is 1.82. The molecule has 6 heteroatoms. The van der Waals surface area contributed by atoms with Crippen molar-refractivity contribution in [3.63, 3.8) is 0 Å². The van der Waals surface area contributed by atoms with Gasteiger partial charge in [-0.2, -0.15) is 0 Å². The monoisotopic (exact) mass is 298 g/mol. The van der Waals surface area contributed by atoms with Crippen LogP contribution in [-0.2, 0) is 9.59 Å². The van der Waals surface area contributed by atoms with Crippen LogP contribution in [0.25, 0.3) is 0 Å². The Morgan fingerprint density at radius 1 is 1.35 bits per heavy atom. The number of hydrogen-bond acceptors (Lipinski definition) is 3. The van der Waals surface area contributed by atoms with E-state index in [1.54, 1.807) is 36.1 Å². The van der Waals surface area contributed by atoms with Crippen molar-refractivity contribution in [2.45, 2.75) is 26.3 Å². The van der Waals surface area contributed by atoms with Crippen molar-refractivity contribution in [2.24, 2.45) is 0 Å². The minimum absolute atomic E-state index is 0.150. The van der Waals surface area contributed by atoms with Gasteiger partial charge in [0.15, 0.2) is 0 Å². The second kappa shape index (κ2) is 7.87. The normalized spacial score (nSPS) is 12.2. The van der Waals surface area contributed by atoms with Crippen LogP contribution in [0.4, 0.5) is 5.69 Å². The van der Waals surface area contributed by atoms with E-state index >= 15 is 0 Å². The van der Waals surface area contributed by atoms with Gasteiger partial charge in [0, 0.05) is 10.7 Å². The fourth-order valence-corrected chi connectivity index (χ4v) is 1.94. The number of hydrogen-bond donors (Lipinski definition) is 2. The highest BCUT2D eigenvalue weighted by Crippen LogP contribution is 2.14. The van der Waals surface area contributed by atoms with Crippen LogP contribution in [0.2, 0.25) is 5.02 Å². The number of benzene rings is 1. The van der Waals surface area contributed by atoms with Crippen molar-refractivity contribution >= 4 is 29.2 Å². The molecule has 20 heavy (non-hydrogen) atoms. The number of carbonyl (C=O) groups is 2. The number of amides is 1. The second-order valence-electron chi connectivity index (χ2n) is 4.54. The molecular formula is C14H19ClN2O3. The predicted octanol–water partition coefficient (Wildman–Crippen LogP) is 2.46. The van der Waals surface area contributed by atoms with Gasteiger partial charge in [-0.15, -0.1) is 0 Å². The van der Waals surface area contributed by atoms with Gasteiger partial charge < -0.3 is 10.4 Å². The molecule has 0 radical (unpaired) electrons. The van der Waals surface area contributed by atoms with Crippen molar-refractivity contribution in [3.05, 3.63) is 29.3 Å². The zero-order chi connectivity index (χ0) is 15.1. The van der Waals surface area contributed by atoms with Gasteiger partial charge in [0.1, 0.15) is 0 Å². The molecule has 1 atom stereocenters. The third-order valence-corrected chi connectivity index (χ3v) is 3.14. The van der Waals surface area contributed by atoms with Crippen molar-refractivity contribution in [1.82, 2.24) is 4.90 Å². The SMILES string of the molecule is CCCN(CC(=O)O)C(C)C(=O)Nc1ccc(Cl)cc1. The Bertz CT molecular complexity index is 462. The first-order valence-electron chi connectivity index (χ1n) is 6.46. The Balaban J connectivity index is 2.67. The highest BCUT2D eigenvalue weighted by molar-refractivity contribution is 6.30. The summed E-state index contributed by atoms with van der Waals surface area (Å²) < 4.78 is 0. The molecule has 0 aliphatic rings. The fraction of sp³-hybridized carbons (Fsp3) is 0.429. The molecule has 5 nitrogen and oxygen atoms in total. The van der Waals surface area contributed by atoms with Crippen LogP contribution >= 0.6 is 11.6 Å². The van der Waals surface area contributed by atoms with E-state index in [4.69, 9.17) is 16.7 Å². The number of anilines is 1. The number of carbonyl (C=O) groups excluding carboxylic acids is 1. The zero-order valence-electron chi connectivity index (χ0n) is 11.6. The Kier molecular flexibility index (Phi) is 6.48. The summed E-state index contributed by atoms with van der Waals surface area (Å²) >= 11 is 5.77. The van der Waals surface area contributed by atoms with E-state index in [-0.39, 0.29) is 12.5 Å². The van der Waals surface area contributed by atoms with E-state index < -0.39 is 12.0 Å². The van der Waals surface area contributed by atoms with E-state index in [9.17, 15) is 9.59 Å². The van der Waals surface area contributed by atoms with Gasteiger partial charge in [-0.3, -0.25) is 14.5 Å². The molecule has 1 unspecified atom stereocenters. The smallest absolute Gasteiger partial charge is 0.317 e. The zero-order valence-corrected chi connectivity index (χ0v) is 12.4. The first-order chi connectivity index (χ1) is 9.43. The first-order valence-corrected chi connectivity index (χ1v) is 6.84. The highest BCUT2D eigenvalue weighted by atomic mass is 35.5. The molecule has 1 rings (SSSR count). The maximum atomic E-state index is 12.1. The number of nitrogens with zero attached hydrogens (tertiary/aromatic N) is 1. The topological polar surface area (TPSA) is 69.6 Å². The van der Waals surface area contributed by atoms with E-state index in [1.807, 2.05) is 6.92 Å². The lowest BCUT2D eigenvalue weighted by Gasteiger charge is -2.26. The maximum absolute atomic E-state index is 12.1. The van der Waals surface area contributed by atoms with Crippen molar-refractivity contribution in [1.29, 1.82) is 0 Å². The molecule has 0 heterocycles. The van der Waals surface area contributed by atoms with E-state index in [0.29, 0.717) is 17.3 Å². The lowest BCUT2D eigenvalue weighted by Crippen LogP contribution is -2.44. The highest BCUT2D eigenvalue weighted by Gasteiger charge is 2.22. The van der Waals surface area contributed by atoms with Crippen LogP contribution in [0.15, 0.2) is 24.3 Å². The van der Waals surface area contributed by atoms with Crippen LogP contribution < -0.4 is 5.32 Å². The lowest BCUT2D eigenvalue weighted by molar-refractivity contribution is -0.139. The van der Waals surface area contributed by atoms with Crippen molar-refractivity contribution in [3.8, 4) is 0 Å². The van der Waals surface area contributed by atoms with Crippen LogP contribution in [0.1, 0.15) is 20.3 Å². The van der Waals surface area contributed by atoms with Crippen LogP contribution in [0.5, 0.6) is 0 Å². The molecule has 0 spiro atoms. The number of rotatable bonds is 7. The van der Waals surface area contributed by atoms with Gasteiger partial charge in [-0.25, -0.2) is 0 Å². The van der Waals surface area contributed by atoms with Crippen molar-refractivity contribution in [2.75, 3.05) is 18.4 Å². The molecule has 1 aromatic carbocycles. The Hall–Kier alpha value is -1.59. The predicted molar refractivity (Wildman–Crippen MR) is 79.0 cm³/mol. The van der Waals surface area contributed by atoms with Gasteiger partial charge in [-0.1, -0.05) is 18.5 Å². The minimum atomic E-state index is -0.940. The van der Waals surface area contributed by atoms with Gasteiger partial charge in [0.05, 0.1) is 12.6 Å². The molecule has 0 fully saturated rings. The molecule has 0 aliphatic carbocycles. The Morgan fingerprint density at radius 3 is 2.45 bits per heavy atom. The summed E-state index contributed by atoms with van der Waals surface area (Å²) in [7, 11) is 0. The summed E-state index contributed by atoms with van der Waals surface area (Å²) in [6, 6.07) is 6.26. The molecule has 0 aliphatic heterocycles. The number of halogens is 1. The molecule has 1 amide bonds. The lowest BCUT2D eigenvalue weighted by atomic mass is 10.2. The molecule has 0 saturated carbocycles. The Labute approximate surface area is 123 Å². The van der Waals surface area contributed by atoms with Crippen LogP contribution in [0, 0.1) is 0 Å². The largest absolute Gasteiger partial charge is 0.480 e. The molecule has 110 valence electrons. The van der Waals surface area contributed by atoms with E-state index in [2.05, 4.69) is 5.32 Å². The van der Waals surface area contributed by atoms with E-state index in [0.717, 1.165) is 6.42 Å². The average Bonchev–Trinajstić information content (AvgIpc) is 2.39. The molecule has 0 bridgehead atoms. The maximum Gasteiger partial charge on any atom is 0.317 e. The minimum Gasteiger partial charge on any atom is -0.480 e. The average molecular weight is 299 g/mol. The summed E-state index contributed by atoms with van der Waals surface area (Å²) in [5.41, 5.74) is 0.637. The van der Waals surface area contributed by atoms with Gasteiger partial charge in [0.25, 0.3) is 0 Å². The van der Waals surface area contributed by atoms with Gasteiger partial charge in [-0.05, 0) is 44.2 Å². The van der Waals surface area contributed by atoms with Gasteiger partial charge >= 0.3 is 5.97 Å². The summed E-state index contributed by atoms with van der Waals surface area (Å²) in [6.45, 7) is 4.05. The van der Waals surface area contributed by atoms with Crippen LogP contribution in [-0.4, -0.2) is 41.0 Å². The van der Waals surface area contributed by atoms with Gasteiger partial charge in [0.2, 0.25) is 5.91 Å². The number of carboxylic acid groups (broad SMARTS) is 1.